The molecule has 2 aromatic heterocycles. The topological polar surface area (TPSA) is 180 Å². The number of aliphatic hydroxyl groups excluding tert-OH is 3. The molecule has 0 saturated carbocycles. The minimum atomic E-state index is -4.29. The highest BCUT2D eigenvalue weighted by molar-refractivity contribution is 7.85. The first-order chi connectivity index (χ1) is 13.8. The van der Waals surface area contributed by atoms with Gasteiger partial charge in [0.25, 0.3) is 10.1 Å². The standard InChI is InChI=1S/C16H17N5O7S/c22-5-10-12(23)13(24)16(28-10)21-7-19-11-14(17-6-18-15(11)21)20-8-1-3-9(4-2-8)29(25,26)27/h1-4,6-7,10,12-13,16,22-24H,5H2,(H,17,18,20)(H,25,26,27)/t10-,12-,13+,16-/m1/s1. The van der Waals surface area contributed by atoms with Gasteiger partial charge in [0.05, 0.1) is 17.8 Å². The van der Waals surface area contributed by atoms with E-state index in [2.05, 4.69) is 20.3 Å². The molecule has 3 aromatic rings. The number of nitrogens with zero attached hydrogens (tertiary/aromatic N) is 4. The van der Waals surface area contributed by atoms with E-state index in [0.717, 1.165) is 0 Å². The van der Waals surface area contributed by atoms with Gasteiger partial charge in [0.1, 0.15) is 24.6 Å². The quantitative estimate of drug-likeness (QED) is 0.332. The van der Waals surface area contributed by atoms with Crippen LogP contribution in [-0.4, -0.2) is 72.7 Å². The van der Waals surface area contributed by atoms with Gasteiger partial charge in [0.2, 0.25) is 0 Å². The first-order valence-corrected chi connectivity index (χ1v) is 9.88. The van der Waals surface area contributed by atoms with Crippen molar-refractivity contribution >= 4 is 32.8 Å². The van der Waals surface area contributed by atoms with Crippen LogP contribution in [0.2, 0.25) is 0 Å². The Balaban J connectivity index is 1.65. The maximum atomic E-state index is 11.1. The van der Waals surface area contributed by atoms with Crippen molar-refractivity contribution in [3.63, 3.8) is 0 Å². The Kier molecular flexibility index (Phi) is 4.94. The van der Waals surface area contributed by atoms with Gasteiger partial charge in [-0.15, -0.1) is 0 Å². The lowest BCUT2D eigenvalue weighted by molar-refractivity contribution is -0.0511. The molecule has 29 heavy (non-hydrogen) atoms. The van der Waals surface area contributed by atoms with E-state index in [-0.39, 0.29) is 4.90 Å². The summed E-state index contributed by atoms with van der Waals surface area (Å²) in [6, 6.07) is 5.35. The van der Waals surface area contributed by atoms with E-state index in [1.807, 2.05) is 0 Å². The predicted molar refractivity (Wildman–Crippen MR) is 97.9 cm³/mol. The number of rotatable bonds is 5. The molecule has 0 radical (unpaired) electrons. The predicted octanol–water partition coefficient (Wildman–Crippen LogP) is -0.572. The second-order valence-electron chi connectivity index (χ2n) is 6.40. The van der Waals surface area contributed by atoms with Gasteiger partial charge in [-0.1, -0.05) is 0 Å². The molecule has 0 spiro atoms. The number of benzene rings is 1. The normalized spacial score (nSPS) is 24.8. The number of aromatic nitrogens is 4. The average Bonchev–Trinajstić information content (AvgIpc) is 3.24. The lowest BCUT2D eigenvalue weighted by atomic mass is 10.1. The zero-order valence-corrected chi connectivity index (χ0v) is 15.5. The fourth-order valence-corrected chi connectivity index (χ4v) is 3.57. The highest BCUT2D eigenvalue weighted by Crippen LogP contribution is 2.32. The van der Waals surface area contributed by atoms with Crippen molar-refractivity contribution in [3.05, 3.63) is 36.9 Å². The molecule has 0 amide bonds. The largest absolute Gasteiger partial charge is 0.394 e. The molecule has 1 fully saturated rings. The summed E-state index contributed by atoms with van der Waals surface area (Å²) in [4.78, 5) is 12.3. The summed E-state index contributed by atoms with van der Waals surface area (Å²) in [7, 11) is -4.29. The molecule has 4 rings (SSSR count). The number of hydrogen-bond donors (Lipinski definition) is 5. The van der Waals surface area contributed by atoms with Gasteiger partial charge in [-0.05, 0) is 24.3 Å². The van der Waals surface area contributed by atoms with E-state index >= 15 is 0 Å². The number of nitrogens with one attached hydrogen (secondary N) is 1. The van der Waals surface area contributed by atoms with E-state index in [0.29, 0.717) is 22.7 Å². The van der Waals surface area contributed by atoms with Crippen LogP contribution in [0.1, 0.15) is 6.23 Å². The van der Waals surface area contributed by atoms with Crippen LogP contribution < -0.4 is 5.32 Å². The van der Waals surface area contributed by atoms with E-state index in [1.165, 1.54) is 41.5 Å². The van der Waals surface area contributed by atoms with E-state index < -0.39 is 41.3 Å². The van der Waals surface area contributed by atoms with Crippen molar-refractivity contribution in [3.8, 4) is 0 Å². The SMILES string of the molecule is O=S(=O)(O)c1ccc(Nc2ncnc3c2ncn3[C@@H]2O[C@H](CO)[C@@H](O)[C@@H]2O)cc1. The molecule has 1 aromatic carbocycles. The van der Waals surface area contributed by atoms with Crippen LogP contribution in [0.5, 0.6) is 0 Å². The van der Waals surface area contributed by atoms with Crippen LogP contribution in [0.15, 0.2) is 41.8 Å². The van der Waals surface area contributed by atoms with Crippen molar-refractivity contribution in [1.82, 2.24) is 19.5 Å². The minimum Gasteiger partial charge on any atom is -0.394 e. The van der Waals surface area contributed by atoms with Crippen molar-refractivity contribution in [2.24, 2.45) is 0 Å². The maximum absolute atomic E-state index is 11.1. The van der Waals surface area contributed by atoms with Crippen LogP contribution in [0.25, 0.3) is 11.2 Å². The third-order valence-corrected chi connectivity index (χ3v) is 5.43. The summed E-state index contributed by atoms with van der Waals surface area (Å²) in [6.07, 6.45) is -1.85. The second-order valence-corrected chi connectivity index (χ2v) is 7.82. The smallest absolute Gasteiger partial charge is 0.294 e. The highest BCUT2D eigenvalue weighted by Gasteiger charge is 2.44. The van der Waals surface area contributed by atoms with Gasteiger partial charge in [0, 0.05) is 5.69 Å². The Bertz CT molecular complexity index is 1130. The molecular weight excluding hydrogens is 406 g/mol. The molecule has 1 aliphatic heterocycles. The molecule has 0 aliphatic carbocycles. The zero-order valence-electron chi connectivity index (χ0n) is 14.7. The zero-order chi connectivity index (χ0) is 20.8. The Labute approximate surface area is 164 Å². The minimum absolute atomic E-state index is 0.246. The van der Waals surface area contributed by atoms with Crippen LogP contribution in [0.3, 0.4) is 0 Å². The number of fused-ring (bicyclic) bond motifs is 1. The molecule has 3 heterocycles. The molecule has 154 valence electrons. The van der Waals surface area contributed by atoms with E-state index in [4.69, 9.17) is 9.29 Å². The first kappa shape index (κ1) is 19.6. The summed E-state index contributed by atoms with van der Waals surface area (Å²) >= 11 is 0. The molecule has 5 N–H and O–H groups in total. The van der Waals surface area contributed by atoms with Crippen LogP contribution in [0.4, 0.5) is 11.5 Å². The second kappa shape index (κ2) is 7.29. The van der Waals surface area contributed by atoms with Gasteiger partial charge in [-0.25, -0.2) is 15.0 Å². The fourth-order valence-electron chi connectivity index (χ4n) is 3.09. The third-order valence-electron chi connectivity index (χ3n) is 4.56. The summed E-state index contributed by atoms with van der Waals surface area (Å²) in [6.45, 7) is -0.456. The number of anilines is 2. The molecular formula is C16H17N5O7S. The van der Waals surface area contributed by atoms with Crippen LogP contribution in [-0.2, 0) is 14.9 Å². The highest BCUT2D eigenvalue weighted by atomic mass is 32.2. The van der Waals surface area contributed by atoms with Crippen LogP contribution in [0, 0.1) is 0 Å². The molecule has 0 unspecified atom stereocenters. The molecule has 1 saturated heterocycles. The lowest BCUT2D eigenvalue weighted by Gasteiger charge is -2.16. The lowest BCUT2D eigenvalue weighted by Crippen LogP contribution is -2.33. The van der Waals surface area contributed by atoms with Crippen molar-refractivity contribution in [2.45, 2.75) is 29.4 Å². The van der Waals surface area contributed by atoms with Gasteiger partial charge in [-0.3, -0.25) is 9.12 Å². The Morgan fingerprint density at radius 3 is 2.45 bits per heavy atom. The molecule has 13 heteroatoms. The Hall–Kier alpha value is -2.68. The number of aliphatic hydroxyl groups is 3. The molecule has 4 atom stereocenters. The van der Waals surface area contributed by atoms with Gasteiger partial charge >= 0.3 is 0 Å². The first-order valence-electron chi connectivity index (χ1n) is 8.44. The van der Waals surface area contributed by atoms with Crippen molar-refractivity contribution in [2.75, 3.05) is 11.9 Å². The number of imidazole rings is 1. The molecule has 12 nitrogen and oxygen atoms in total. The third kappa shape index (κ3) is 3.55. The molecule has 1 aliphatic rings. The maximum Gasteiger partial charge on any atom is 0.294 e. The summed E-state index contributed by atoms with van der Waals surface area (Å²) in [5, 5.41) is 32.4. The average molecular weight is 423 g/mol. The Morgan fingerprint density at radius 2 is 1.83 bits per heavy atom. The number of ether oxygens (including phenoxy) is 1. The van der Waals surface area contributed by atoms with Gasteiger partial charge in [-0.2, -0.15) is 8.42 Å². The monoisotopic (exact) mass is 423 g/mol. The number of hydrogen-bond acceptors (Lipinski definition) is 10. The Morgan fingerprint density at radius 1 is 1.10 bits per heavy atom. The van der Waals surface area contributed by atoms with Gasteiger partial charge < -0.3 is 25.4 Å². The van der Waals surface area contributed by atoms with Crippen molar-refractivity contribution in [1.29, 1.82) is 0 Å². The summed E-state index contributed by atoms with van der Waals surface area (Å²) in [5.74, 6) is 0.306. The van der Waals surface area contributed by atoms with Crippen molar-refractivity contribution < 1.29 is 33.0 Å². The fraction of sp³-hybridized carbons (Fsp3) is 0.312. The van der Waals surface area contributed by atoms with Crippen LogP contribution >= 0.6 is 0 Å². The summed E-state index contributed by atoms with van der Waals surface area (Å²) < 4.78 is 38.2. The van der Waals surface area contributed by atoms with E-state index in [9.17, 15) is 23.7 Å². The van der Waals surface area contributed by atoms with Gasteiger partial charge in [0.15, 0.2) is 23.2 Å². The summed E-state index contributed by atoms with van der Waals surface area (Å²) in [5.41, 5.74) is 1.14. The molecule has 0 bridgehead atoms. The van der Waals surface area contributed by atoms with E-state index in [1.54, 1.807) is 0 Å².